The van der Waals surface area contributed by atoms with Gasteiger partial charge in [0.05, 0.1) is 36.5 Å². The number of carbonyl (C=O) groups is 3. The molecule has 65 heavy (non-hydrogen) atoms. The zero-order chi connectivity index (χ0) is 44.9. The summed E-state index contributed by atoms with van der Waals surface area (Å²) in [5.74, 6) is -0.167. The van der Waals surface area contributed by atoms with Crippen molar-refractivity contribution in [3.63, 3.8) is 0 Å². The molecule has 0 unspecified atom stereocenters. The predicted molar refractivity (Wildman–Crippen MR) is 249 cm³/mol. The van der Waals surface area contributed by atoms with Gasteiger partial charge in [-0.3, -0.25) is 14.5 Å². The van der Waals surface area contributed by atoms with E-state index in [4.69, 9.17) is 21.1 Å². The first kappa shape index (κ1) is 45.1. The number of fused-ring (bicyclic) bond motifs is 4. The summed E-state index contributed by atoms with van der Waals surface area (Å²) in [4.78, 5) is 59.4. The number of aliphatic hydroxyl groups is 1. The zero-order valence-electron chi connectivity index (χ0n) is 37.2. The van der Waals surface area contributed by atoms with Crippen LogP contribution in [-0.4, -0.2) is 145 Å². The second kappa shape index (κ2) is 20.6. The molecule has 5 aliphatic rings. The number of carbonyl (C=O) groups excluding carboxylic acids is 3. The first-order valence-electron chi connectivity index (χ1n) is 23.5. The molecule has 2 aliphatic carbocycles. The van der Waals surface area contributed by atoms with Crippen molar-refractivity contribution in [2.24, 2.45) is 0 Å². The largest absolute Gasteiger partial charge is 0.448 e. The van der Waals surface area contributed by atoms with Crippen LogP contribution >= 0.6 is 11.6 Å². The first-order valence-corrected chi connectivity index (χ1v) is 23.8. The minimum atomic E-state index is -0.734. The Labute approximate surface area is 386 Å². The molecule has 15 heteroatoms. The van der Waals surface area contributed by atoms with E-state index in [1.807, 2.05) is 41.3 Å². The van der Waals surface area contributed by atoms with E-state index in [1.165, 1.54) is 6.33 Å². The average molecular weight is 906 g/mol. The Morgan fingerprint density at radius 2 is 1.54 bits per heavy atom. The summed E-state index contributed by atoms with van der Waals surface area (Å²) in [5, 5.41) is 17.6. The molecule has 1 aromatic heterocycles. The summed E-state index contributed by atoms with van der Waals surface area (Å²) in [6, 6.07) is 23.6. The predicted octanol–water partition coefficient (Wildman–Crippen LogP) is 5.70. The minimum Gasteiger partial charge on any atom is -0.448 e. The average Bonchev–Trinajstić information content (AvgIpc) is 3.82. The van der Waals surface area contributed by atoms with E-state index in [0.29, 0.717) is 49.4 Å². The van der Waals surface area contributed by atoms with Gasteiger partial charge in [0.1, 0.15) is 18.8 Å². The lowest BCUT2D eigenvalue weighted by Crippen LogP contribution is -2.52. The molecule has 9 rings (SSSR count). The lowest BCUT2D eigenvalue weighted by Gasteiger charge is -2.38. The molecule has 4 aromatic rings. The quantitative estimate of drug-likeness (QED) is 0.143. The second-order valence-electron chi connectivity index (χ2n) is 18.2. The van der Waals surface area contributed by atoms with Crippen LogP contribution in [0.5, 0.6) is 0 Å². The lowest BCUT2D eigenvalue weighted by atomic mass is 9.96. The Kier molecular flexibility index (Phi) is 14.3. The summed E-state index contributed by atoms with van der Waals surface area (Å²) in [5.41, 5.74) is 6.87. The Balaban J connectivity index is 0.883. The van der Waals surface area contributed by atoms with Gasteiger partial charge in [-0.15, -0.1) is 0 Å². The molecule has 3 N–H and O–H groups in total. The van der Waals surface area contributed by atoms with Gasteiger partial charge in [0.25, 0.3) is 0 Å². The van der Waals surface area contributed by atoms with E-state index in [9.17, 15) is 19.5 Å². The topological polar surface area (TPSA) is 153 Å². The second-order valence-corrected chi connectivity index (χ2v) is 18.7. The van der Waals surface area contributed by atoms with E-state index in [2.05, 4.69) is 61.6 Å². The molecule has 0 saturated carbocycles. The monoisotopic (exact) mass is 904 g/mol. The summed E-state index contributed by atoms with van der Waals surface area (Å²) in [6.07, 6.45) is 5.37. The standard InChI is InChI=1S/C50H61ClN8O6/c1-33-28-44(60)47-46(33)48(55-32-54-47)57-24-26-58(27-25-57)49(62)42(34-10-12-35(51)13-11-34)29-59(50(63)64-31-43-40-8-4-2-6-38(40)39-7-3-5-9-41(39)43)23-20-53-45(61)30-56-21-16-37(17-22-56)65-36-14-18-52-19-15-36/h2-13,32-33,36-37,42-44,52,60H,14-31H2,1H3,(H,53,61)/t33-,42-,44-/m1/s1. The third-order valence-corrected chi connectivity index (χ3v) is 14.3. The first-order chi connectivity index (χ1) is 31.7. The van der Waals surface area contributed by atoms with Crippen molar-refractivity contribution in [3.05, 3.63) is 112 Å². The number of nitrogens with zero attached hydrogens (tertiary/aromatic N) is 6. The van der Waals surface area contributed by atoms with Gasteiger partial charge in [0, 0.05) is 75.4 Å². The molecular weight excluding hydrogens is 844 g/mol. The summed E-state index contributed by atoms with van der Waals surface area (Å²) in [6.45, 7) is 8.41. The molecule has 3 amide bonds. The molecule has 0 radical (unpaired) electrons. The number of piperidine rings is 2. The fourth-order valence-corrected chi connectivity index (χ4v) is 10.6. The van der Waals surface area contributed by atoms with Crippen LogP contribution in [0.25, 0.3) is 11.1 Å². The SMILES string of the molecule is C[C@@H]1C[C@@H](O)c2ncnc(N3CCN(C(=O)[C@H](CN(CCNC(=O)CN4CCC(OC5CCNCC5)CC4)C(=O)OCC4c5ccccc5-c5ccccc54)c4ccc(Cl)cc4)CC3)c21. The van der Waals surface area contributed by atoms with E-state index in [0.717, 1.165) is 91.1 Å². The number of benzene rings is 3. The molecule has 3 saturated heterocycles. The number of ether oxygens (including phenoxy) is 2. The van der Waals surface area contributed by atoms with Crippen molar-refractivity contribution < 1.29 is 29.0 Å². The number of anilines is 1. The smallest absolute Gasteiger partial charge is 0.409 e. The molecule has 14 nitrogen and oxygen atoms in total. The van der Waals surface area contributed by atoms with Gasteiger partial charge in [0.15, 0.2) is 0 Å². The highest BCUT2D eigenvalue weighted by Gasteiger charge is 2.37. The number of aromatic nitrogens is 2. The zero-order valence-corrected chi connectivity index (χ0v) is 38.0. The van der Waals surface area contributed by atoms with Crippen LogP contribution in [0.15, 0.2) is 79.1 Å². The molecule has 0 spiro atoms. The Hall–Kier alpha value is -5.12. The highest BCUT2D eigenvalue weighted by atomic mass is 35.5. The highest BCUT2D eigenvalue weighted by molar-refractivity contribution is 6.30. The van der Waals surface area contributed by atoms with Gasteiger partial charge in [-0.2, -0.15) is 0 Å². The summed E-state index contributed by atoms with van der Waals surface area (Å²) >= 11 is 6.36. The highest BCUT2D eigenvalue weighted by Crippen LogP contribution is 2.45. The summed E-state index contributed by atoms with van der Waals surface area (Å²) in [7, 11) is 0. The van der Waals surface area contributed by atoms with E-state index in [1.54, 1.807) is 17.0 Å². The van der Waals surface area contributed by atoms with E-state index < -0.39 is 18.1 Å². The van der Waals surface area contributed by atoms with Crippen LogP contribution in [0.2, 0.25) is 5.02 Å². The van der Waals surface area contributed by atoms with Crippen LogP contribution in [0.3, 0.4) is 0 Å². The molecule has 4 heterocycles. The van der Waals surface area contributed by atoms with Crippen LogP contribution in [-0.2, 0) is 19.1 Å². The third kappa shape index (κ3) is 10.3. The Bertz CT molecular complexity index is 2250. The third-order valence-electron chi connectivity index (χ3n) is 14.0. The fourth-order valence-electron chi connectivity index (χ4n) is 10.5. The molecule has 3 aromatic carbocycles. The molecular formula is C50H61ClN8O6. The number of hydrogen-bond acceptors (Lipinski definition) is 11. The molecule has 344 valence electrons. The van der Waals surface area contributed by atoms with Crippen LogP contribution in [0.4, 0.5) is 10.6 Å². The van der Waals surface area contributed by atoms with Crippen molar-refractivity contribution in [2.75, 3.05) is 90.0 Å². The van der Waals surface area contributed by atoms with Gasteiger partial charge < -0.3 is 39.9 Å². The maximum absolute atomic E-state index is 14.8. The number of piperazine rings is 1. The van der Waals surface area contributed by atoms with Crippen molar-refractivity contribution >= 4 is 35.3 Å². The minimum absolute atomic E-state index is 0.0343. The van der Waals surface area contributed by atoms with Crippen LogP contribution in [0.1, 0.15) is 90.8 Å². The van der Waals surface area contributed by atoms with Crippen molar-refractivity contribution in [3.8, 4) is 11.1 Å². The number of halogens is 1. The number of aliphatic hydroxyl groups excluding tert-OH is 1. The van der Waals surface area contributed by atoms with Gasteiger partial charge in [-0.25, -0.2) is 14.8 Å². The Morgan fingerprint density at radius 3 is 2.23 bits per heavy atom. The van der Waals surface area contributed by atoms with Crippen molar-refractivity contribution in [1.29, 1.82) is 0 Å². The molecule has 0 bridgehead atoms. The van der Waals surface area contributed by atoms with Gasteiger partial charge in [-0.05, 0) is 91.1 Å². The van der Waals surface area contributed by atoms with Crippen LogP contribution in [0, 0.1) is 0 Å². The number of likely N-dealkylation sites (tertiary alicyclic amines) is 1. The van der Waals surface area contributed by atoms with E-state index in [-0.39, 0.29) is 62.5 Å². The number of hydrogen-bond donors (Lipinski definition) is 3. The molecule has 3 atom stereocenters. The van der Waals surface area contributed by atoms with Crippen molar-refractivity contribution in [1.82, 2.24) is 35.3 Å². The normalized spacial score (nSPS) is 20.8. The molecule has 3 aliphatic heterocycles. The number of nitrogens with one attached hydrogen (secondary N) is 2. The number of amides is 3. The van der Waals surface area contributed by atoms with Gasteiger partial charge in [0.2, 0.25) is 11.8 Å². The van der Waals surface area contributed by atoms with Gasteiger partial charge in [-0.1, -0.05) is 79.2 Å². The Morgan fingerprint density at radius 1 is 0.877 bits per heavy atom. The maximum atomic E-state index is 14.8. The van der Waals surface area contributed by atoms with Gasteiger partial charge >= 0.3 is 6.09 Å². The maximum Gasteiger partial charge on any atom is 0.409 e. The summed E-state index contributed by atoms with van der Waals surface area (Å²) < 4.78 is 12.6. The van der Waals surface area contributed by atoms with Crippen molar-refractivity contribution in [2.45, 2.75) is 75.1 Å². The fraction of sp³-hybridized carbons (Fsp3) is 0.500. The van der Waals surface area contributed by atoms with Crippen LogP contribution < -0.4 is 15.5 Å². The van der Waals surface area contributed by atoms with E-state index >= 15 is 0 Å². The molecule has 3 fully saturated rings. The lowest BCUT2D eigenvalue weighted by molar-refractivity contribution is -0.133. The number of rotatable bonds is 14.